The normalized spacial score (nSPS) is 18.0. The number of anilines is 1. The Morgan fingerprint density at radius 1 is 1.32 bits per heavy atom. The highest BCUT2D eigenvalue weighted by Crippen LogP contribution is 2.24. The summed E-state index contributed by atoms with van der Waals surface area (Å²) in [5.41, 5.74) is 2.13. The fraction of sp³-hybridized carbons (Fsp3) is 0.611. The molecule has 2 unspecified atom stereocenters. The van der Waals surface area contributed by atoms with Crippen LogP contribution in [0.3, 0.4) is 0 Å². The van der Waals surface area contributed by atoms with E-state index in [-0.39, 0.29) is 18.1 Å². The summed E-state index contributed by atoms with van der Waals surface area (Å²) in [5.74, 6) is 0.710. The molecule has 4 heteroatoms. The lowest BCUT2D eigenvalue weighted by molar-refractivity contribution is -0.117. The Morgan fingerprint density at radius 3 is 2.73 bits per heavy atom. The number of carbonyl (C=O) groups is 1. The first-order valence-electron chi connectivity index (χ1n) is 8.29. The summed E-state index contributed by atoms with van der Waals surface area (Å²) >= 11 is 0. The van der Waals surface area contributed by atoms with Crippen molar-refractivity contribution < 1.29 is 9.90 Å². The van der Waals surface area contributed by atoms with E-state index in [4.69, 9.17) is 0 Å². The molecular formula is C18H28N2O2. The number of aliphatic hydroxyl groups excluding tert-OH is 1. The molecule has 1 aromatic carbocycles. The smallest absolute Gasteiger partial charge is 0.227 e. The van der Waals surface area contributed by atoms with Crippen molar-refractivity contribution in [1.82, 2.24) is 5.32 Å². The minimum atomic E-state index is -0.314. The SMILES string of the molecule is CC(C)CC(O)CNC(C)c1cccc(N2CCCC2=O)c1. The number of benzene rings is 1. The average Bonchev–Trinajstić information content (AvgIpc) is 2.90. The second-order valence-electron chi connectivity index (χ2n) is 6.66. The molecule has 1 aliphatic heterocycles. The number of aliphatic hydroxyl groups is 1. The molecule has 1 aliphatic rings. The number of hydrogen-bond acceptors (Lipinski definition) is 3. The van der Waals surface area contributed by atoms with Gasteiger partial charge in [0, 0.05) is 31.2 Å². The molecule has 122 valence electrons. The Hall–Kier alpha value is -1.39. The molecule has 0 radical (unpaired) electrons. The number of nitrogens with zero attached hydrogens (tertiary/aromatic N) is 1. The third-order valence-electron chi connectivity index (χ3n) is 4.16. The van der Waals surface area contributed by atoms with Crippen molar-refractivity contribution in [3.8, 4) is 0 Å². The number of rotatable bonds is 7. The van der Waals surface area contributed by atoms with Crippen molar-refractivity contribution >= 4 is 11.6 Å². The van der Waals surface area contributed by atoms with E-state index in [9.17, 15) is 9.90 Å². The van der Waals surface area contributed by atoms with Crippen LogP contribution in [0.2, 0.25) is 0 Å². The Kier molecular flexibility index (Phi) is 5.98. The van der Waals surface area contributed by atoms with Gasteiger partial charge in [0.1, 0.15) is 0 Å². The first-order chi connectivity index (χ1) is 10.5. The molecule has 0 aromatic heterocycles. The Balaban J connectivity index is 1.95. The highest BCUT2D eigenvalue weighted by Gasteiger charge is 2.22. The lowest BCUT2D eigenvalue weighted by atomic mass is 10.0. The molecule has 0 spiro atoms. The highest BCUT2D eigenvalue weighted by molar-refractivity contribution is 5.95. The van der Waals surface area contributed by atoms with E-state index >= 15 is 0 Å². The van der Waals surface area contributed by atoms with E-state index in [1.165, 1.54) is 0 Å². The van der Waals surface area contributed by atoms with Crippen LogP contribution in [-0.2, 0) is 4.79 Å². The van der Waals surface area contributed by atoms with Gasteiger partial charge in [-0.25, -0.2) is 0 Å². The summed E-state index contributed by atoms with van der Waals surface area (Å²) in [6.07, 6.45) is 2.09. The van der Waals surface area contributed by atoms with E-state index < -0.39 is 0 Å². The molecule has 2 atom stereocenters. The molecule has 1 saturated heterocycles. The van der Waals surface area contributed by atoms with E-state index in [1.807, 2.05) is 17.0 Å². The lowest BCUT2D eigenvalue weighted by Gasteiger charge is -2.21. The molecule has 0 saturated carbocycles. The van der Waals surface area contributed by atoms with Gasteiger partial charge in [-0.3, -0.25) is 4.79 Å². The molecule has 2 rings (SSSR count). The maximum absolute atomic E-state index is 11.9. The zero-order valence-electron chi connectivity index (χ0n) is 13.9. The first kappa shape index (κ1) is 17.0. The van der Waals surface area contributed by atoms with Crippen LogP contribution >= 0.6 is 0 Å². The van der Waals surface area contributed by atoms with Gasteiger partial charge in [-0.2, -0.15) is 0 Å². The number of amides is 1. The zero-order chi connectivity index (χ0) is 16.1. The fourth-order valence-corrected chi connectivity index (χ4v) is 2.94. The second-order valence-corrected chi connectivity index (χ2v) is 6.66. The van der Waals surface area contributed by atoms with Crippen LogP contribution < -0.4 is 10.2 Å². The summed E-state index contributed by atoms with van der Waals surface area (Å²) in [4.78, 5) is 13.7. The molecule has 2 N–H and O–H groups in total. The molecule has 1 aromatic rings. The largest absolute Gasteiger partial charge is 0.392 e. The Morgan fingerprint density at radius 2 is 2.09 bits per heavy atom. The minimum Gasteiger partial charge on any atom is -0.392 e. The maximum Gasteiger partial charge on any atom is 0.227 e. The monoisotopic (exact) mass is 304 g/mol. The molecule has 1 fully saturated rings. The van der Waals surface area contributed by atoms with Crippen molar-refractivity contribution in [2.24, 2.45) is 5.92 Å². The van der Waals surface area contributed by atoms with Crippen molar-refractivity contribution in [2.45, 2.75) is 52.2 Å². The third-order valence-corrected chi connectivity index (χ3v) is 4.16. The maximum atomic E-state index is 11.9. The van der Waals surface area contributed by atoms with Gasteiger partial charge < -0.3 is 15.3 Å². The summed E-state index contributed by atoms with van der Waals surface area (Å²) in [5, 5.41) is 13.3. The topological polar surface area (TPSA) is 52.6 Å². The summed E-state index contributed by atoms with van der Waals surface area (Å²) in [6.45, 7) is 7.72. The molecule has 1 amide bonds. The standard InChI is InChI=1S/C18H28N2O2/c1-13(2)10-17(21)12-19-14(3)15-6-4-7-16(11-15)20-9-5-8-18(20)22/h4,6-7,11,13-14,17,19,21H,5,8-10,12H2,1-3H3. The predicted molar refractivity (Wildman–Crippen MR) is 89.9 cm³/mol. The van der Waals surface area contributed by atoms with Gasteiger partial charge in [-0.05, 0) is 43.4 Å². The zero-order valence-corrected chi connectivity index (χ0v) is 13.9. The van der Waals surface area contributed by atoms with Gasteiger partial charge in [0.2, 0.25) is 5.91 Å². The molecule has 22 heavy (non-hydrogen) atoms. The highest BCUT2D eigenvalue weighted by atomic mass is 16.3. The van der Waals surface area contributed by atoms with Crippen molar-refractivity contribution in [1.29, 1.82) is 0 Å². The molecular weight excluding hydrogens is 276 g/mol. The van der Waals surface area contributed by atoms with Crippen LogP contribution in [0.1, 0.15) is 51.6 Å². The van der Waals surface area contributed by atoms with Gasteiger partial charge in [-0.1, -0.05) is 26.0 Å². The van der Waals surface area contributed by atoms with E-state index in [0.29, 0.717) is 18.9 Å². The van der Waals surface area contributed by atoms with Crippen LogP contribution in [0.25, 0.3) is 0 Å². The Bertz CT molecular complexity index is 502. The van der Waals surface area contributed by atoms with E-state index in [2.05, 4.69) is 38.2 Å². The van der Waals surface area contributed by atoms with Gasteiger partial charge in [0.25, 0.3) is 0 Å². The molecule has 0 bridgehead atoms. The van der Waals surface area contributed by atoms with Gasteiger partial charge >= 0.3 is 0 Å². The van der Waals surface area contributed by atoms with Gasteiger partial charge in [-0.15, -0.1) is 0 Å². The van der Waals surface area contributed by atoms with Crippen LogP contribution in [0, 0.1) is 5.92 Å². The number of nitrogens with one attached hydrogen (secondary N) is 1. The van der Waals surface area contributed by atoms with Gasteiger partial charge in [0.15, 0.2) is 0 Å². The minimum absolute atomic E-state index is 0.152. The summed E-state index contributed by atoms with van der Waals surface area (Å²) < 4.78 is 0. The average molecular weight is 304 g/mol. The van der Waals surface area contributed by atoms with Crippen molar-refractivity contribution in [3.05, 3.63) is 29.8 Å². The van der Waals surface area contributed by atoms with E-state index in [1.54, 1.807) is 0 Å². The van der Waals surface area contributed by atoms with Crippen LogP contribution in [0.15, 0.2) is 24.3 Å². The Labute approximate surface area is 133 Å². The van der Waals surface area contributed by atoms with Gasteiger partial charge in [0.05, 0.1) is 6.10 Å². The van der Waals surface area contributed by atoms with Crippen LogP contribution in [0.5, 0.6) is 0 Å². The number of hydrogen-bond donors (Lipinski definition) is 2. The predicted octanol–water partition coefficient (Wildman–Crippen LogP) is 2.87. The van der Waals surface area contributed by atoms with E-state index in [0.717, 1.165) is 30.6 Å². The number of carbonyl (C=O) groups excluding carboxylic acids is 1. The van der Waals surface area contributed by atoms with Crippen LogP contribution in [0.4, 0.5) is 5.69 Å². The summed E-state index contributed by atoms with van der Waals surface area (Å²) in [6, 6.07) is 8.29. The van der Waals surface area contributed by atoms with Crippen LogP contribution in [-0.4, -0.2) is 30.2 Å². The third kappa shape index (κ3) is 4.55. The second kappa shape index (κ2) is 7.75. The molecule has 4 nitrogen and oxygen atoms in total. The lowest BCUT2D eigenvalue weighted by Crippen LogP contribution is -2.30. The quantitative estimate of drug-likeness (QED) is 0.814. The first-order valence-corrected chi connectivity index (χ1v) is 8.29. The van der Waals surface area contributed by atoms with Crippen molar-refractivity contribution in [2.75, 3.05) is 18.0 Å². The summed E-state index contributed by atoms with van der Waals surface area (Å²) in [7, 11) is 0. The molecule has 0 aliphatic carbocycles. The van der Waals surface area contributed by atoms with Crippen molar-refractivity contribution in [3.63, 3.8) is 0 Å². The fourth-order valence-electron chi connectivity index (χ4n) is 2.94. The molecule has 1 heterocycles.